The highest BCUT2D eigenvalue weighted by atomic mass is 19.4. The van der Waals surface area contributed by atoms with Crippen LogP contribution in [-0.4, -0.2) is 28.5 Å². The van der Waals surface area contributed by atoms with Gasteiger partial charge in [0.1, 0.15) is 11.8 Å². The molecule has 1 unspecified atom stereocenters. The molecule has 136 valence electrons. The molecular formula is C18H15F3N2O3. The average molecular weight is 364 g/mol. The van der Waals surface area contributed by atoms with Crippen molar-refractivity contribution in [2.75, 3.05) is 0 Å². The number of nitrogens with one attached hydrogen (secondary N) is 1. The summed E-state index contributed by atoms with van der Waals surface area (Å²) >= 11 is 0. The van der Waals surface area contributed by atoms with Gasteiger partial charge in [0.15, 0.2) is 0 Å². The van der Waals surface area contributed by atoms with Crippen LogP contribution in [0.1, 0.15) is 5.56 Å². The molecule has 5 nitrogen and oxygen atoms in total. The van der Waals surface area contributed by atoms with Crippen LogP contribution in [0.25, 0.3) is 22.0 Å². The van der Waals surface area contributed by atoms with Crippen molar-refractivity contribution in [2.45, 2.75) is 18.8 Å². The lowest BCUT2D eigenvalue weighted by Gasteiger charge is -2.11. The Balaban J connectivity index is 2.00. The topological polar surface area (TPSA) is 88.3 Å². The predicted octanol–water partition coefficient (Wildman–Crippen LogP) is 3.69. The lowest BCUT2D eigenvalue weighted by molar-refractivity contribution is -0.274. The van der Waals surface area contributed by atoms with Crippen molar-refractivity contribution in [3.63, 3.8) is 0 Å². The van der Waals surface area contributed by atoms with Gasteiger partial charge in [-0.05, 0) is 23.3 Å². The molecule has 0 spiro atoms. The molecule has 0 bridgehead atoms. The number of carbonyl (C=O) groups is 1. The lowest BCUT2D eigenvalue weighted by atomic mass is 10.00. The second kappa shape index (κ2) is 6.72. The number of carboxylic acid groups (broad SMARTS) is 1. The minimum atomic E-state index is -4.77. The van der Waals surface area contributed by atoms with E-state index in [-0.39, 0.29) is 12.2 Å². The van der Waals surface area contributed by atoms with Crippen molar-refractivity contribution in [3.05, 3.63) is 54.2 Å². The zero-order valence-corrected chi connectivity index (χ0v) is 13.4. The van der Waals surface area contributed by atoms with Crippen LogP contribution in [0.3, 0.4) is 0 Å². The number of nitrogens with two attached hydrogens (primary N) is 1. The Hall–Kier alpha value is -3.00. The molecule has 1 atom stereocenters. The summed E-state index contributed by atoms with van der Waals surface area (Å²) in [6.45, 7) is 0. The summed E-state index contributed by atoms with van der Waals surface area (Å²) in [5.74, 6) is -1.42. The summed E-state index contributed by atoms with van der Waals surface area (Å²) in [4.78, 5) is 14.0. The third kappa shape index (κ3) is 3.80. The molecule has 1 heterocycles. The first-order chi connectivity index (χ1) is 12.2. The van der Waals surface area contributed by atoms with E-state index in [1.165, 1.54) is 18.2 Å². The first kappa shape index (κ1) is 17.8. The number of H-pyrrole nitrogens is 1. The van der Waals surface area contributed by atoms with E-state index >= 15 is 0 Å². The fourth-order valence-corrected chi connectivity index (χ4v) is 2.81. The standard InChI is InChI=1S/C18H15F3N2O3/c19-18(20,21)26-12-4-1-3-10(7-12)13-5-2-6-14-11(9-23-16(13)14)8-15(22)17(24)25/h1-7,9,15,23H,8,22H2,(H,24,25). The van der Waals surface area contributed by atoms with E-state index in [1.54, 1.807) is 30.5 Å². The van der Waals surface area contributed by atoms with E-state index < -0.39 is 18.4 Å². The summed E-state index contributed by atoms with van der Waals surface area (Å²) in [6.07, 6.45) is -2.97. The maximum atomic E-state index is 12.4. The number of aromatic amines is 1. The van der Waals surface area contributed by atoms with Crippen molar-refractivity contribution in [1.29, 1.82) is 0 Å². The van der Waals surface area contributed by atoms with Crippen LogP contribution in [0.5, 0.6) is 5.75 Å². The molecule has 26 heavy (non-hydrogen) atoms. The van der Waals surface area contributed by atoms with Gasteiger partial charge in [-0.1, -0.05) is 30.3 Å². The smallest absolute Gasteiger partial charge is 0.480 e. The Kier molecular flexibility index (Phi) is 4.60. The van der Waals surface area contributed by atoms with Crippen LogP contribution in [-0.2, 0) is 11.2 Å². The molecule has 2 aromatic carbocycles. The molecule has 0 radical (unpaired) electrons. The van der Waals surface area contributed by atoms with E-state index in [2.05, 4.69) is 9.72 Å². The summed E-state index contributed by atoms with van der Waals surface area (Å²) < 4.78 is 41.3. The maximum absolute atomic E-state index is 12.4. The fourth-order valence-electron chi connectivity index (χ4n) is 2.81. The van der Waals surface area contributed by atoms with E-state index in [9.17, 15) is 18.0 Å². The highest BCUT2D eigenvalue weighted by Crippen LogP contribution is 2.33. The molecule has 0 aliphatic rings. The van der Waals surface area contributed by atoms with Gasteiger partial charge in [0.25, 0.3) is 0 Å². The van der Waals surface area contributed by atoms with Crippen molar-refractivity contribution in [1.82, 2.24) is 4.98 Å². The molecule has 0 saturated heterocycles. The van der Waals surface area contributed by atoms with Crippen molar-refractivity contribution in [2.24, 2.45) is 5.73 Å². The highest BCUT2D eigenvalue weighted by molar-refractivity contribution is 5.96. The number of ether oxygens (including phenoxy) is 1. The third-order valence-corrected chi connectivity index (χ3v) is 3.94. The second-order valence-corrected chi connectivity index (χ2v) is 5.77. The van der Waals surface area contributed by atoms with Crippen molar-refractivity contribution in [3.8, 4) is 16.9 Å². The van der Waals surface area contributed by atoms with Gasteiger partial charge >= 0.3 is 12.3 Å². The van der Waals surface area contributed by atoms with E-state index in [1.807, 2.05) is 0 Å². The number of hydrogen-bond donors (Lipinski definition) is 3. The number of aliphatic carboxylic acids is 1. The Bertz CT molecular complexity index is 950. The summed E-state index contributed by atoms with van der Waals surface area (Å²) in [6, 6.07) is 9.93. The normalized spacial score (nSPS) is 12.9. The second-order valence-electron chi connectivity index (χ2n) is 5.77. The molecule has 4 N–H and O–H groups in total. The summed E-state index contributed by atoms with van der Waals surface area (Å²) in [5.41, 5.74) is 8.20. The monoisotopic (exact) mass is 364 g/mol. The van der Waals surface area contributed by atoms with Crippen molar-refractivity contribution < 1.29 is 27.8 Å². The minimum Gasteiger partial charge on any atom is -0.480 e. The average Bonchev–Trinajstić information content (AvgIpc) is 2.96. The lowest BCUT2D eigenvalue weighted by Crippen LogP contribution is -2.32. The molecule has 1 aromatic heterocycles. The quantitative estimate of drug-likeness (QED) is 0.644. The number of alkyl halides is 3. The van der Waals surface area contributed by atoms with Gasteiger partial charge < -0.3 is 20.6 Å². The SMILES string of the molecule is NC(Cc1c[nH]c2c(-c3cccc(OC(F)(F)F)c3)cccc12)C(=O)O. The number of benzene rings is 2. The van der Waals surface area contributed by atoms with Crippen LogP contribution in [0, 0.1) is 0 Å². The molecule has 8 heteroatoms. The Morgan fingerprint density at radius 1 is 1.23 bits per heavy atom. The number of rotatable bonds is 5. The van der Waals surface area contributed by atoms with Gasteiger partial charge in [0, 0.05) is 23.6 Å². The zero-order valence-electron chi connectivity index (χ0n) is 13.4. The van der Waals surface area contributed by atoms with E-state index in [0.29, 0.717) is 16.6 Å². The van der Waals surface area contributed by atoms with Gasteiger partial charge in [0.05, 0.1) is 5.52 Å². The third-order valence-electron chi connectivity index (χ3n) is 3.94. The zero-order chi connectivity index (χ0) is 18.9. The number of aromatic nitrogens is 1. The molecule has 0 fully saturated rings. The van der Waals surface area contributed by atoms with Gasteiger partial charge in [-0.2, -0.15) is 0 Å². The molecular weight excluding hydrogens is 349 g/mol. The van der Waals surface area contributed by atoms with E-state index in [0.717, 1.165) is 10.9 Å². The molecule has 3 aromatic rings. The van der Waals surface area contributed by atoms with Gasteiger partial charge in [-0.3, -0.25) is 4.79 Å². The van der Waals surface area contributed by atoms with Gasteiger partial charge in [-0.15, -0.1) is 13.2 Å². The molecule has 0 aliphatic heterocycles. The maximum Gasteiger partial charge on any atom is 0.573 e. The number of carboxylic acids is 1. The first-order valence-electron chi connectivity index (χ1n) is 7.68. The largest absolute Gasteiger partial charge is 0.573 e. The van der Waals surface area contributed by atoms with Crippen molar-refractivity contribution >= 4 is 16.9 Å². The number of fused-ring (bicyclic) bond motifs is 1. The number of halogens is 3. The van der Waals surface area contributed by atoms with Gasteiger partial charge in [0.2, 0.25) is 0 Å². The van der Waals surface area contributed by atoms with E-state index in [4.69, 9.17) is 10.8 Å². The fraction of sp³-hybridized carbons (Fsp3) is 0.167. The summed E-state index contributed by atoms with van der Waals surface area (Å²) in [5, 5.41) is 9.73. The predicted molar refractivity (Wildman–Crippen MR) is 89.7 cm³/mol. The van der Waals surface area contributed by atoms with Crippen LogP contribution in [0.4, 0.5) is 13.2 Å². The Labute approximate surface area is 146 Å². The Morgan fingerprint density at radius 3 is 2.65 bits per heavy atom. The highest BCUT2D eigenvalue weighted by Gasteiger charge is 2.31. The van der Waals surface area contributed by atoms with Crippen LogP contribution >= 0.6 is 0 Å². The van der Waals surface area contributed by atoms with Crippen LogP contribution in [0.2, 0.25) is 0 Å². The Morgan fingerprint density at radius 2 is 1.96 bits per heavy atom. The molecule has 3 rings (SSSR count). The summed E-state index contributed by atoms with van der Waals surface area (Å²) in [7, 11) is 0. The number of para-hydroxylation sites is 1. The molecule has 0 saturated carbocycles. The van der Waals surface area contributed by atoms with Gasteiger partial charge in [-0.25, -0.2) is 0 Å². The first-order valence-corrected chi connectivity index (χ1v) is 7.68. The van der Waals surface area contributed by atoms with Crippen LogP contribution in [0.15, 0.2) is 48.7 Å². The number of hydrogen-bond acceptors (Lipinski definition) is 3. The van der Waals surface area contributed by atoms with Crippen LogP contribution < -0.4 is 10.5 Å². The molecule has 0 amide bonds. The minimum absolute atomic E-state index is 0.135. The molecule has 0 aliphatic carbocycles.